The molecule has 0 bridgehead atoms. The quantitative estimate of drug-likeness (QED) is 0.890. The fourth-order valence-corrected chi connectivity index (χ4v) is 1.55. The fourth-order valence-electron chi connectivity index (χ4n) is 1.55. The summed E-state index contributed by atoms with van der Waals surface area (Å²) >= 11 is 0. The Hall–Kier alpha value is -2.50. The minimum Gasteiger partial charge on any atom is -0.497 e. The predicted octanol–water partition coefficient (Wildman–Crippen LogP) is 2.25. The van der Waals surface area contributed by atoms with Crippen LogP contribution in [0.2, 0.25) is 0 Å². The van der Waals surface area contributed by atoms with Gasteiger partial charge >= 0.3 is 6.01 Å². The van der Waals surface area contributed by atoms with E-state index in [9.17, 15) is 0 Å². The molecular formula is C13H15N3O3. The van der Waals surface area contributed by atoms with E-state index < -0.39 is 0 Å². The molecule has 2 rings (SSSR count). The molecule has 19 heavy (non-hydrogen) atoms. The number of anilines is 2. The van der Waals surface area contributed by atoms with Gasteiger partial charge in [-0.15, -0.1) is 0 Å². The highest BCUT2D eigenvalue weighted by atomic mass is 16.5. The Kier molecular flexibility index (Phi) is 4.02. The summed E-state index contributed by atoms with van der Waals surface area (Å²) in [5.41, 5.74) is 0.782. The standard InChI is InChI=1S/C13H15N3O3/c1-17-9-4-5-10(11(8-9)18-2)15-12-6-7-14-13(16-12)19-3/h4-8H,1-3H3,(H,14,15,16). The molecule has 100 valence electrons. The number of hydrogen-bond donors (Lipinski definition) is 1. The third kappa shape index (κ3) is 3.04. The second kappa shape index (κ2) is 5.90. The lowest BCUT2D eigenvalue weighted by atomic mass is 10.2. The Morgan fingerprint density at radius 2 is 1.84 bits per heavy atom. The molecule has 1 aromatic carbocycles. The molecule has 0 atom stereocenters. The van der Waals surface area contributed by atoms with Crippen molar-refractivity contribution in [3.05, 3.63) is 30.5 Å². The maximum Gasteiger partial charge on any atom is 0.318 e. The van der Waals surface area contributed by atoms with Crippen molar-refractivity contribution >= 4 is 11.5 Å². The number of ether oxygens (including phenoxy) is 3. The Balaban J connectivity index is 2.26. The zero-order chi connectivity index (χ0) is 13.7. The number of nitrogens with one attached hydrogen (secondary N) is 1. The van der Waals surface area contributed by atoms with Crippen molar-refractivity contribution in [3.8, 4) is 17.5 Å². The molecule has 1 aromatic heterocycles. The van der Waals surface area contributed by atoms with E-state index in [1.807, 2.05) is 12.1 Å². The van der Waals surface area contributed by atoms with Crippen LogP contribution in [-0.2, 0) is 0 Å². The lowest BCUT2D eigenvalue weighted by Crippen LogP contribution is -1.99. The van der Waals surface area contributed by atoms with Gasteiger partial charge in [0.15, 0.2) is 0 Å². The first-order valence-corrected chi connectivity index (χ1v) is 5.63. The van der Waals surface area contributed by atoms with Crippen molar-refractivity contribution in [3.63, 3.8) is 0 Å². The molecule has 0 unspecified atom stereocenters. The van der Waals surface area contributed by atoms with E-state index in [1.54, 1.807) is 32.5 Å². The van der Waals surface area contributed by atoms with Gasteiger partial charge in [0, 0.05) is 12.3 Å². The van der Waals surface area contributed by atoms with E-state index in [0.29, 0.717) is 17.6 Å². The van der Waals surface area contributed by atoms with Gasteiger partial charge in [-0.3, -0.25) is 0 Å². The Morgan fingerprint density at radius 1 is 1.00 bits per heavy atom. The summed E-state index contributed by atoms with van der Waals surface area (Å²) in [7, 11) is 4.73. The Labute approximate surface area is 111 Å². The lowest BCUT2D eigenvalue weighted by Gasteiger charge is -2.12. The van der Waals surface area contributed by atoms with Crippen LogP contribution in [0.4, 0.5) is 11.5 Å². The maximum atomic E-state index is 5.30. The molecule has 0 saturated carbocycles. The fraction of sp³-hybridized carbons (Fsp3) is 0.231. The van der Waals surface area contributed by atoms with Crippen LogP contribution >= 0.6 is 0 Å². The number of hydrogen-bond acceptors (Lipinski definition) is 6. The number of methoxy groups -OCH3 is 3. The van der Waals surface area contributed by atoms with E-state index in [1.165, 1.54) is 7.11 Å². The van der Waals surface area contributed by atoms with E-state index in [-0.39, 0.29) is 0 Å². The molecule has 0 spiro atoms. The van der Waals surface area contributed by atoms with Crippen LogP contribution in [0.1, 0.15) is 0 Å². The van der Waals surface area contributed by atoms with Crippen LogP contribution in [0.5, 0.6) is 17.5 Å². The summed E-state index contributed by atoms with van der Waals surface area (Å²) in [6.45, 7) is 0. The van der Waals surface area contributed by atoms with Gasteiger partial charge in [0.1, 0.15) is 17.3 Å². The number of aromatic nitrogens is 2. The van der Waals surface area contributed by atoms with Gasteiger partial charge in [0.05, 0.1) is 27.0 Å². The zero-order valence-electron chi connectivity index (χ0n) is 11.0. The largest absolute Gasteiger partial charge is 0.497 e. The first-order valence-electron chi connectivity index (χ1n) is 5.63. The van der Waals surface area contributed by atoms with Crippen LogP contribution < -0.4 is 19.5 Å². The van der Waals surface area contributed by atoms with Crippen LogP contribution in [0, 0.1) is 0 Å². The van der Waals surface area contributed by atoms with Crippen molar-refractivity contribution < 1.29 is 14.2 Å². The molecule has 0 radical (unpaired) electrons. The molecule has 2 aromatic rings. The van der Waals surface area contributed by atoms with Gasteiger partial charge in [0.2, 0.25) is 0 Å². The average molecular weight is 261 g/mol. The highest BCUT2D eigenvalue weighted by molar-refractivity contribution is 5.65. The van der Waals surface area contributed by atoms with E-state index in [2.05, 4.69) is 15.3 Å². The van der Waals surface area contributed by atoms with Gasteiger partial charge in [-0.2, -0.15) is 4.98 Å². The molecule has 0 amide bonds. The van der Waals surface area contributed by atoms with Gasteiger partial charge < -0.3 is 19.5 Å². The van der Waals surface area contributed by atoms with Crippen molar-refractivity contribution in [2.24, 2.45) is 0 Å². The van der Waals surface area contributed by atoms with Crippen LogP contribution in [0.3, 0.4) is 0 Å². The van der Waals surface area contributed by atoms with Crippen LogP contribution in [0.25, 0.3) is 0 Å². The van der Waals surface area contributed by atoms with Crippen molar-refractivity contribution in [1.29, 1.82) is 0 Å². The average Bonchev–Trinajstić information content (AvgIpc) is 2.48. The van der Waals surface area contributed by atoms with E-state index in [4.69, 9.17) is 14.2 Å². The third-order valence-corrected chi connectivity index (χ3v) is 2.49. The minimum absolute atomic E-state index is 0.303. The van der Waals surface area contributed by atoms with Gasteiger partial charge in [0.25, 0.3) is 0 Å². The molecule has 1 N–H and O–H groups in total. The van der Waals surface area contributed by atoms with Crippen LogP contribution in [-0.4, -0.2) is 31.3 Å². The third-order valence-electron chi connectivity index (χ3n) is 2.49. The molecular weight excluding hydrogens is 246 g/mol. The Bertz CT molecular complexity index is 561. The first kappa shape index (κ1) is 12.9. The summed E-state index contributed by atoms with van der Waals surface area (Å²) in [6, 6.07) is 7.53. The summed E-state index contributed by atoms with van der Waals surface area (Å²) in [5, 5.41) is 3.14. The maximum absolute atomic E-state index is 5.30. The smallest absolute Gasteiger partial charge is 0.318 e. The molecule has 0 aliphatic carbocycles. The van der Waals surface area contributed by atoms with Gasteiger partial charge in [-0.05, 0) is 18.2 Å². The second-order valence-corrected chi connectivity index (χ2v) is 3.62. The van der Waals surface area contributed by atoms with Crippen molar-refractivity contribution in [1.82, 2.24) is 9.97 Å². The molecule has 0 fully saturated rings. The van der Waals surface area contributed by atoms with E-state index >= 15 is 0 Å². The molecule has 1 heterocycles. The summed E-state index contributed by atoms with van der Waals surface area (Å²) in [4.78, 5) is 8.12. The van der Waals surface area contributed by atoms with Crippen molar-refractivity contribution in [2.75, 3.05) is 26.6 Å². The van der Waals surface area contributed by atoms with E-state index in [0.717, 1.165) is 11.4 Å². The SMILES string of the molecule is COc1ccc(Nc2ccnc(OC)n2)c(OC)c1. The highest BCUT2D eigenvalue weighted by Gasteiger charge is 2.06. The summed E-state index contributed by atoms with van der Waals surface area (Å²) in [6.07, 6.45) is 1.62. The first-order chi connectivity index (χ1) is 9.26. The molecule has 6 nitrogen and oxygen atoms in total. The van der Waals surface area contributed by atoms with Crippen LogP contribution in [0.15, 0.2) is 30.5 Å². The monoisotopic (exact) mass is 261 g/mol. The molecule has 0 aliphatic rings. The topological polar surface area (TPSA) is 65.5 Å². The normalized spacial score (nSPS) is 9.84. The molecule has 0 aliphatic heterocycles. The van der Waals surface area contributed by atoms with Crippen molar-refractivity contribution in [2.45, 2.75) is 0 Å². The summed E-state index contributed by atoms with van der Waals surface area (Å²) in [5.74, 6) is 2.01. The minimum atomic E-state index is 0.303. The predicted molar refractivity (Wildman–Crippen MR) is 71.4 cm³/mol. The van der Waals surface area contributed by atoms with Gasteiger partial charge in [-0.1, -0.05) is 0 Å². The Morgan fingerprint density at radius 3 is 2.53 bits per heavy atom. The molecule has 0 saturated heterocycles. The highest BCUT2D eigenvalue weighted by Crippen LogP contribution is 2.31. The molecule has 6 heteroatoms. The lowest BCUT2D eigenvalue weighted by molar-refractivity contribution is 0.380. The second-order valence-electron chi connectivity index (χ2n) is 3.62. The number of nitrogens with zero attached hydrogens (tertiary/aromatic N) is 2. The number of rotatable bonds is 5. The number of benzene rings is 1. The van der Waals surface area contributed by atoms with Gasteiger partial charge in [-0.25, -0.2) is 4.98 Å². The zero-order valence-corrected chi connectivity index (χ0v) is 11.0. The summed E-state index contributed by atoms with van der Waals surface area (Å²) < 4.78 is 15.4.